The quantitative estimate of drug-likeness (QED) is 0.869. The van der Waals surface area contributed by atoms with Gasteiger partial charge in [-0.1, -0.05) is 17.7 Å². The minimum Gasteiger partial charge on any atom is -0.338 e. The van der Waals surface area contributed by atoms with Crippen LogP contribution in [-0.2, 0) is 0 Å². The number of pyridine rings is 1. The SMILES string of the molecule is Cc1ccc(Br)c(Nc2cccc(F)c2Cl)n1. The fourth-order valence-electron chi connectivity index (χ4n) is 1.36. The van der Waals surface area contributed by atoms with E-state index in [2.05, 4.69) is 26.2 Å². The van der Waals surface area contributed by atoms with Crippen molar-refractivity contribution in [1.29, 1.82) is 0 Å². The van der Waals surface area contributed by atoms with Crippen molar-refractivity contribution in [1.82, 2.24) is 4.98 Å². The first-order valence-electron chi connectivity index (χ1n) is 4.92. The van der Waals surface area contributed by atoms with Gasteiger partial charge >= 0.3 is 0 Å². The van der Waals surface area contributed by atoms with Crippen molar-refractivity contribution in [3.05, 3.63) is 51.3 Å². The highest BCUT2D eigenvalue weighted by molar-refractivity contribution is 9.10. The summed E-state index contributed by atoms with van der Waals surface area (Å²) in [7, 11) is 0. The lowest BCUT2D eigenvalue weighted by Crippen LogP contribution is -1.97. The van der Waals surface area contributed by atoms with Gasteiger partial charge in [-0.2, -0.15) is 0 Å². The van der Waals surface area contributed by atoms with Gasteiger partial charge < -0.3 is 5.32 Å². The summed E-state index contributed by atoms with van der Waals surface area (Å²) < 4.78 is 14.1. The van der Waals surface area contributed by atoms with Crippen LogP contribution < -0.4 is 5.32 Å². The maximum Gasteiger partial charge on any atom is 0.145 e. The van der Waals surface area contributed by atoms with Crippen molar-refractivity contribution >= 4 is 39.0 Å². The van der Waals surface area contributed by atoms with Crippen molar-refractivity contribution in [3.63, 3.8) is 0 Å². The monoisotopic (exact) mass is 314 g/mol. The van der Waals surface area contributed by atoms with E-state index >= 15 is 0 Å². The molecule has 0 aliphatic heterocycles. The van der Waals surface area contributed by atoms with Crippen LogP contribution in [0.15, 0.2) is 34.8 Å². The molecule has 17 heavy (non-hydrogen) atoms. The molecule has 1 aromatic heterocycles. The summed E-state index contributed by atoms with van der Waals surface area (Å²) in [6, 6.07) is 8.35. The minimum atomic E-state index is -0.458. The van der Waals surface area contributed by atoms with Crippen molar-refractivity contribution in [2.45, 2.75) is 6.92 Å². The van der Waals surface area contributed by atoms with Crippen molar-refractivity contribution in [2.75, 3.05) is 5.32 Å². The van der Waals surface area contributed by atoms with Gasteiger partial charge in [0.25, 0.3) is 0 Å². The molecule has 0 aliphatic rings. The number of aryl methyl sites for hydroxylation is 1. The smallest absolute Gasteiger partial charge is 0.145 e. The fourth-order valence-corrected chi connectivity index (χ4v) is 1.85. The molecule has 0 saturated heterocycles. The van der Waals surface area contributed by atoms with E-state index in [4.69, 9.17) is 11.6 Å². The molecule has 0 saturated carbocycles. The zero-order valence-electron chi connectivity index (χ0n) is 8.97. The lowest BCUT2D eigenvalue weighted by atomic mass is 10.3. The van der Waals surface area contributed by atoms with Crippen molar-refractivity contribution < 1.29 is 4.39 Å². The third-order valence-electron chi connectivity index (χ3n) is 2.19. The van der Waals surface area contributed by atoms with Gasteiger partial charge in [0.15, 0.2) is 0 Å². The first-order valence-corrected chi connectivity index (χ1v) is 6.09. The van der Waals surface area contributed by atoms with Gasteiger partial charge in [0, 0.05) is 5.69 Å². The van der Waals surface area contributed by atoms with E-state index in [1.165, 1.54) is 6.07 Å². The number of nitrogens with one attached hydrogen (secondary N) is 1. The van der Waals surface area contributed by atoms with Crippen molar-refractivity contribution in [3.8, 4) is 0 Å². The first-order chi connectivity index (χ1) is 8.08. The molecule has 5 heteroatoms. The Labute approximate surface area is 112 Å². The Morgan fingerprint density at radius 3 is 2.82 bits per heavy atom. The second-order valence-electron chi connectivity index (χ2n) is 3.51. The lowest BCUT2D eigenvalue weighted by molar-refractivity contribution is 0.629. The number of halogens is 3. The maximum absolute atomic E-state index is 13.3. The van der Waals surface area contributed by atoms with Gasteiger partial charge in [0.1, 0.15) is 11.6 Å². The average molecular weight is 316 g/mol. The molecular formula is C12H9BrClFN2. The van der Waals surface area contributed by atoms with E-state index in [0.717, 1.165) is 10.2 Å². The molecule has 2 aromatic rings. The van der Waals surface area contributed by atoms with Crippen molar-refractivity contribution in [2.24, 2.45) is 0 Å². The number of rotatable bonds is 2. The molecule has 0 amide bonds. The van der Waals surface area contributed by atoms with Gasteiger partial charge in [-0.3, -0.25) is 0 Å². The molecule has 1 aromatic carbocycles. The molecule has 1 heterocycles. The van der Waals surface area contributed by atoms with E-state index in [1.54, 1.807) is 12.1 Å². The van der Waals surface area contributed by atoms with Gasteiger partial charge in [-0.05, 0) is 47.1 Å². The molecule has 0 aliphatic carbocycles. The van der Waals surface area contributed by atoms with Gasteiger partial charge in [-0.15, -0.1) is 0 Å². The number of aromatic nitrogens is 1. The van der Waals surface area contributed by atoms with Crippen LogP contribution in [0.25, 0.3) is 0 Å². The maximum atomic E-state index is 13.3. The van der Waals surface area contributed by atoms with Crippen LogP contribution in [0.2, 0.25) is 5.02 Å². The molecule has 1 N–H and O–H groups in total. The molecule has 0 bridgehead atoms. The topological polar surface area (TPSA) is 24.9 Å². The van der Waals surface area contributed by atoms with E-state index in [-0.39, 0.29) is 5.02 Å². The highest BCUT2D eigenvalue weighted by atomic mass is 79.9. The Morgan fingerprint density at radius 1 is 1.29 bits per heavy atom. The van der Waals surface area contributed by atoms with E-state index in [0.29, 0.717) is 11.5 Å². The average Bonchev–Trinajstić information content (AvgIpc) is 2.30. The molecule has 0 fully saturated rings. The third-order valence-corrected chi connectivity index (χ3v) is 3.21. The number of nitrogens with zero attached hydrogens (tertiary/aromatic N) is 1. The molecule has 2 nitrogen and oxygen atoms in total. The summed E-state index contributed by atoms with van der Waals surface area (Å²) in [4.78, 5) is 4.30. The van der Waals surface area contributed by atoms with Crippen LogP contribution in [-0.4, -0.2) is 4.98 Å². The predicted molar refractivity (Wildman–Crippen MR) is 71.4 cm³/mol. The zero-order valence-corrected chi connectivity index (χ0v) is 11.3. The fraction of sp³-hybridized carbons (Fsp3) is 0.0833. The predicted octanol–water partition coefficient (Wildman–Crippen LogP) is 4.69. The third kappa shape index (κ3) is 2.76. The molecule has 0 radical (unpaired) electrons. The normalized spacial score (nSPS) is 10.4. The number of anilines is 2. The van der Waals surface area contributed by atoms with Gasteiger partial charge in [0.2, 0.25) is 0 Å². The first kappa shape index (κ1) is 12.3. The van der Waals surface area contributed by atoms with E-state index in [1.807, 2.05) is 19.1 Å². The Hall–Kier alpha value is -1.13. The summed E-state index contributed by atoms with van der Waals surface area (Å²) in [6.45, 7) is 1.88. The van der Waals surface area contributed by atoms with Crippen LogP contribution in [0.5, 0.6) is 0 Å². The van der Waals surface area contributed by atoms with Crippen LogP contribution in [0, 0.1) is 12.7 Å². The molecule has 2 rings (SSSR count). The summed E-state index contributed by atoms with van der Waals surface area (Å²) in [5.74, 6) is 0.151. The van der Waals surface area contributed by atoms with Crippen LogP contribution >= 0.6 is 27.5 Å². The number of hydrogen-bond acceptors (Lipinski definition) is 2. The van der Waals surface area contributed by atoms with Crippen LogP contribution in [0.3, 0.4) is 0 Å². The molecule has 0 spiro atoms. The molecule has 88 valence electrons. The largest absolute Gasteiger partial charge is 0.338 e. The standard InChI is InChI=1S/C12H9BrClFN2/c1-7-5-6-8(13)12(16-7)17-10-4-2-3-9(15)11(10)14/h2-6H,1H3,(H,16,17). The van der Waals surface area contributed by atoms with Crippen LogP contribution in [0.4, 0.5) is 15.9 Å². The Morgan fingerprint density at radius 2 is 2.06 bits per heavy atom. The molecular weight excluding hydrogens is 307 g/mol. The summed E-state index contributed by atoms with van der Waals surface area (Å²) in [5.41, 5.74) is 1.36. The summed E-state index contributed by atoms with van der Waals surface area (Å²) >= 11 is 9.22. The zero-order chi connectivity index (χ0) is 12.4. The van der Waals surface area contributed by atoms with Gasteiger partial charge in [-0.25, -0.2) is 9.37 Å². The van der Waals surface area contributed by atoms with Crippen LogP contribution in [0.1, 0.15) is 5.69 Å². The van der Waals surface area contributed by atoms with E-state index < -0.39 is 5.82 Å². The summed E-state index contributed by atoms with van der Waals surface area (Å²) in [5, 5.41) is 3.05. The number of hydrogen-bond donors (Lipinski definition) is 1. The summed E-state index contributed by atoms with van der Waals surface area (Å²) in [6.07, 6.45) is 0. The Bertz CT molecular complexity index is 560. The highest BCUT2D eigenvalue weighted by Crippen LogP contribution is 2.30. The molecule has 0 unspecified atom stereocenters. The second-order valence-corrected chi connectivity index (χ2v) is 4.74. The van der Waals surface area contributed by atoms with Gasteiger partial charge in [0.05, 0.1) is 15.2 Å². The lowest BCUT2D eigenvalue weighted by Gasteiger charge is -2.10. The number of benzene rings is 1. The highest BCUT2D eigenvalue weighted by Gasteiger charge is 2.08. The minimum absolute atomic E-state index is 0.0581. The Balaban J connectivity index is 2.38. The Kier molecular flexibility index (Phi) is 3.64. The second kappa shape index (κ2) is 5.02. The molecule has 0 atom stereocenters. The van der Waals surface area contributed by atoms with E-state index in [9.17, 15) is 4.39 Å².